The van der Waals surface area contributed by atoms with Crippen LogP contribution >= 0.6 is 0 Å². The van der Waals surface area contributed by atoms with Crippen molar-refractivity contribution in [3.63, 3.8) is 0 Å². The summed E-state index contributed by atoms with van der Waals surface area (Å²) in [4.78, 5) is 8.17. The van der Waals surface area contributed by atoms with Gasteiger partial charge in [0.1, 0.15) is 11.5 Å². The highest BCUT2D eigenvalue weighted by Crippen LogP contribution is 2.22. The van der Waals surface area contributed by atoms with E-state index in [9.17, 15) is 0 Å². The molecule has 0 radical (unpaired) electrons. The number of aromatic nitrogens is 1. The predicted octanol–water partition coefficient (Wildman–Crippen LogP) is 2.08. The molecule has 3 nitrogen and oxygen atoms in total. The predicted molar refractivity (Wildman–Crippen MR) is 51.8 cm³/mol. The van der Waals surface area contributed by atoms with E-state index >= 15 is 0 Å². The topological polar surface area (TPSA) is 51.3 Å². The van der Waals surface area contributed by atoms with Crippen LogP contribution in [0.25, 0.3) is 0 Å². The highest BCUT2D eigenvalue weighted by atomic mass is 14.9. The number of rotatable bonds is 2. The number of aliphatic imine (C=N–C) groups is 1. The Hall–Kier alpha value is -1.38. The largest absolute Gasteiger partial charge is 0.382 e. The summed E-state index contributed by atoms with van der Waals surface area (Å²) in [5, 5.41) is 0. The number of hydrogen-bond donors (Lipinski definition) is 1. The van der Waals surface area contributed by atoms with E-state index in [4.69, 9.17) is 5.73 Å². The lowest BCUT2D eigenvalue weighted by atomic mass is 10.2. The van der Waals surface area contributed by atoms with Gasteiger partial charge in [-0.3, -0.25) is 4.99 Å². The van der Waals surface area contributed by atoms with Crippen molar-refractivity contribution in [2.45, 2.75) is 20.3 Å². The third kappa shape index (κ3) is 1.81. The number of nitrogens with zero attached hydrogens (tertiary/aromatic N) is 2. The minimum Gasteiger partial charge on any atom is -0.382 e. The van der Waals surface area contributed by atoms with Crippen molar-refractivity contribution in [2.24, 2.45) is 4.99 Å². The molecule has 1 rings (SSSR count). The molecule has 0 aliphatic rings. The first-order valence-electron chi connectivity index (χ1n) is 3.99. The summed E-state index contributed by atoms with van der Waals surface area (Å²) in [6.45, 7) is 4.01. The number of nitrogen functional groups attached to an aromatic ring is 1. The minimum absolute atomic E-state index is 0.500. The first kappa shape index (κ1) is 8.71. The van der Waals surface area contributed by atoms with Crippen LogP contribution < -0.4 is 5.73 Å². The summed E-state index contributed by atoms with van der Waals surface area (Å²) in [5.41, 5.74) is 7.49. The van der Waals surface area contributed by atoms with E-state index in [0.29, 0.717) is 5.82 Å². The molecule has 0 spiro atoms. The van der Waals surface area contributed by atoms with E-state index in [-0.39, 0.29) is 0 Å². The minimum atomic E-state index is 0.500. The van der Waals surface area contributed by atoms with Crippen LogP contribution in [0.5, 0.6) is 0 Å². The zero-order valence-electron chi connectivity index (χ0n) is 7.41. The van der Waals surface area contributed by atoms with Gasteiger partial charge in [-0.1, -0.05) is 6.92 Å². The Morgan fingerprint density at radius 2 is 2.42 bits per heavy atom. The van der Waals surface area contributed by atoms with Crippen molar-refractivity contribution in [1.29, 1.82) is 0 Å². The lowest BCUT2D eigenvalue weighted by molar-refractivity contribution is 1.25. The molecule has 1 aromatic rings. The summed E-state index contributed by atoms with van der Waals surface area (Å²) in [5.74, 6) is 0.500. The lowest BCUT2D eigenvalue weighted by Gasteiger charge is -2.01. The molecular formula is C9H13N3. The molecule has 1 aromatic heterocycles. The SMILES string of the molecule is CCC=Nc1c(C)ccnc1N. The summed E-state index contributed by atoms with van der Waals surface area (Å²) in [6.07, 6.45) is 4.43. The number of hydrogen-bond acceptors (Lipinski definition) is 3. The smallest absolute Gasteiger partial charge is 0.149 e. The van der Waals surface area contributed by atoms with E-state index in [1.54, 1.807) is 6.20 Å². The number of aryl methyl sites for hydroxylation is 1. The van der Waals surface area contributed by atoms with Crippen LogP contribution in [0.2, 0.25) is 0 Å². The van der Waals surface area contributed by atoms with Gasteiger partial charge in [0.15, 0.2) is 0 Å². The molecular weight excluding hydrogens is 150 g/mol. The molecule has 0 saturated carbocycles. The molecule has 12 heavy (non-hydrogen) atoms. The van der Waals surface area contributed by atoms with Crippen LogP contribution in [0.4, 0.5) is 11.5 Å². The lowest BCUT2D eigenvalue weighted by Crippen LogP contribution is -1.91. The van der Waals surface area contributed by atoms with E-state index in [0.717, 1.165) is 17.7 Å². The maximum atomic E-state index is 5.64. The molecule has 0 bridgehead atoms. The standard InChI is InChI=1S/C9H13N3/c1-3-5-11-8-7(2)4-6-12-9(8)10/h4-6H,3H2,1-2H3,(H2,10,12). The van der Waals surface area contributed by atoms with E-state index in [2.05, 4.69) is 9.98 Å². The van der Waals surface area contributed by atoms with Crippen LogP contribution in [0.3, 0.4) is 0 Å². The Morgan fingerprint density at radius 3 is 3.00 bits per heavy atom. The van der Waals surface area contributed by atoms with Crippen molar-refractivity contribution in [3.8, 4) is 0 Å². The van der Waals surface area contributed by atoms with Gasteiger partial charge in [-0.05, 0) is 25.0 Å². The van der Waals surface area contributed by atoms with Crippen LogP contribution in [0.15, 0.2) is 17.3 Å². The third-order valence-corrected chi connectivity index (χ3v) is 1.56. The molecule has 0 aromatic carbocycles. The first-order valence-corrected chi connectivity index (χ1v) is 3.99. The molecule has 3 heteroatoms. The van der Waals surface area contributed by atoms with Gasteiger partial charge in [-0.2, -0.15) is 0 Å². The van der Waals surface area contributed by atoms with E-state index in [1.807, 2.05) is 26.1 Å². The second-order valence-electron chi connectivity index (χ2n) is 2.58. The van der Waals surface area contributed by atoms with Gasteiger partial charge >= 0.3 is 0 Å². The highest BCUT2D eigenvalue weighted by Gasteiger charge is 1.99. The summed E-state index contributed by atoms with van der Waals surface area (Å²) in [7, 11) is 0. The average molecular weight is 163 g/mol. The van der Waals surface area contributed by atoms with E-state index < -0.39 is 0 Å². The molecule has 64 valence electrons. The molecule has 0 amide bonds. The van der Waals surface area contributed by atoms with Gasteiger partial charge in [0, 0.05) is 12.4 Å². The molecule has 0 aliphatic carbocycles. The second-order valence-corrected chi connectivity index (χ2v) is 2.58. The quantitative estimate of drug-likeness (QED) is 0.678. The summed E-state index contributed by atoms with van der Waals surface area (Å²) < 4.78 is 0. The molecule has 0 atom stereocenters. The van der Waals surface area contributed by atoms with Gasteiger partial charge in [0.25, 0.3) is 0 Å². The van der Waals surface area contributed by atoms with Crippen molar-refractivity contribution in [3.05, 3.63) is 17.8 Å². The van der Waals surface area contributed by atoms with Gasteiger partial charge in [-0.25, -0.2) is 4.98 Å². The third-order valence-electron chi connectivity index (χ3n) is 1.56. The molecule has 2 N–H and O–H groups in total. The molecule has 0 saturated heterocycles. The Bertz CT molecular complexity index is 272. The Labute approximate surface area is 72.3 Å². The number of nitrogens with two attached hydrogens (primary N) is 1. The molecule has 0 unspecified atom stereocenters. The zero-order valence-corrected chi connectivity index (χ0v) is 7.41. The number of pyridine rings is 1. The van der Waals surface area contributed by atoms with Crippen molar-refractivity contribution in [2.75, 3.05) is 5.73 Å². The van der Waals surface area contributed by atoms with Gasteiger partial charge in [-0.15, -0.1) is 0 Å². The van der Waals surface area contributed by atoms with E-state index in [1.165, 1.54) is 0 Å². The maximum absolute atomic E-state index is 5.64. The van der Waals surface area contributed by atoms with Crippen molar-refractivity contribution < 1.29 is 0 Å². The fraction of sp³-hybridized carbons (Fsp3) is 0.333. The first-order chi connectivity index (χ1) is 5.75. The van der Waals surface area contributed by atoms with Crippen molar-refractivity contribution in [1.82, 2.24) is 4.98 Å². The van der Waals surface area contributed by atoms with Crippen LogP contribution in [-0.2, 0) is 0 Å². The van der Waals surface area contributed by atoms with Crippen LogP contribution in [0, 0.1) is 6.92 Å². The summed E-state index contributed by atoms with van der Waals surface area (Å²) in [6, 6.07) is 1.90. The highest BCUT2D eigenvalue weighted by molar-refractivity contribution is 5.70. The molecule has 0 fully saturated rings. The van der Waals surface area contributed by atoms with Crippen LogP contribution in [0.1, 0.15) is 18.9 Å². The Morgan fingerprint density at radius 1 is 1.67 bits per heavy atom. The summed E-state index contributed by atoms with van der Waals surface area (Å²) >= 11 is 0. The normalized spacial score (nSPS) is 10.8. The fourth-order valence-electron chi connectivity index (χ4n) is 0.922. The molecule has 1 heterocycles. The Balaban J connectivity index is 3.04. The second kappa shape index (κ2) is 3.85. The van der Waals surface area contributed by atoms with Crippen LogP contribution in [-0.4, -0.2) is 11.2 Å². The zero-order chi connectivity index (χ0) is 8.97. The van der Waals surface area contributed by atoms with Crippen molar-refractivity contribution >= 4 is 17.7 Å². The van der Waals surface area contributed by atoms with Gasteiger partial charge in [0.2, 0.25) is 0 Å². The fourth-order valence-corrected chi connectivity index (χ4v) is 0.922. The average Bonchev–Trinajstić information content (AvgIpc) is 2.04. The molecule has 0 aliphatic heterocycles. The van der Waals surface area contributed by atoms with Gasteiger partial charge in [0.05, 0.1) is 0 Å². The number of anilines is 1. The van der Waals surface area contributed by atoms with Gasteiger partial charge < -0.3 is 5.73 Å². The maximum Gasteiger partial charge on any atom is 0.149 e. The Kier molecular flexibility index (Phi) is 2.80. The monoisotopic (exact) mass is 163 g/mol.